The molecule has 122 valence electrons. The number of aryl methyl sites for hydroxylation is 1. The van der Waals surface area contributed by atoms with Gasteiger partial charge in [-0.15, -0.1) is 0 Å². The van der Waals surface area contributed by atoms with E-state index in [4.69, 9.17) is 0 Å². The van der Waals surface area contributed by atoms with Crippen LogP contribution in [0.4, 0.5) is 11.4 Å². The molecule has 3 rings (SSSR count). The molecular formula is C18H19N5O. The molecule has 0 bridgehead atoms. The van der Waals surface area contributed by atoms with Gasteiger partial charge in [0.2, 0.25) is 0 Å². The number of amides is 1. The Morgan fingerprint density at radius 2 is 2.00 bits per heavy atom. The summed E-state index contributed by atoms with van der Waals surface area (Å²) in [5.41, 5.74) is 4.02. The number of aromatic nitrogens is 3. The number of anilines is 2. The molecule has 0 saturated heterocycles. The van der Waals surface area contributed by atoms with Crippen LogP contribution in [0.25, 0.3) is 11.3 Å². The first-order valence-electron chi connectivity index (χ1n) is 7.58. The van der Waals surface area contributed by atoms with Crippen molar-refractivity contribution in [2.24, 2.45) is 7.05 Å². The first-order valence-corrected chi connectivity index (χ1v) is 7.58. The van der Waals surface area contributed by atoms with E-state index in [1.165, 1.54) is 0 Å². The van der Waals surface area contributed by atoms with Gasteiger partial charge in [0.05, 0.1) is 17.6 Å². The summed E-state index contributed by atoms with van der Waals surface area (Å²) in [6.07, 6.45) is 3.43. The van der Waals surface area contributed by atoms with Gasteiger partial charge in [-0.25, -0.2) is 4.98 Å². The highest BCUT2D eigenvalue weighted by Gasteiger charge is 2.09. The SMILES string of the molecule is CN(C)c1ccc(C(=O)Nc2cccc(-c3ccnn3C)c2)nc1. The molecule has 0 fully saturated rings. The summed E-state index contributed by atoms with van der Waals surface area (Å²) in [6, 6.07) is 13.2. The maximum absolute atomic E-state index is 12.4. The number of nitrogens with one attached hydrogen (secondary N) is 1. The predicted molar refractivity (Wildman–Crippen MR) is 95.2 cm³/mol. The van der Waals surface area contributed by atoms with E-state index in [0.717, 1.165) is 22.6 Å². The third-order valence-electron chi connectivity index (χ3n) is 3.73. The second kappa shape index (κ2) is 6.54. The standard InChI is InChI=1S/C18H19N5O/c1-22(2)15-7-8-16(19-12-15)18(24)21-14-6-4-5-13(11-14)17-9-10-20-23(17)3/h4-12H,1-3H3,(H,21,24). The quantitative estimate of drug-likeness (QED) is 0.802. The van der Waals surface area contributed by atoms with Gasteiger partial charge in [-0.1, -0.05) is 12.1 Å². The Morgan fingerprint density at radius 3 is 2.62 bits per heavy atom. The minimum atomic E-state index is -0.234. The number of rotatable bonds is 4. The van der Waals surface area contributed by atoms with Crippen LogP contribution in [0.5, 0.6) is 0 Å². The fourth-order valence-corrected chi connectivity index (χ4v) is 2.39. The van der Waals surface area contributed by atoms with Crippen molar-refractivity contribution in [1.29, 1.82) is 0 Å². The van der Waals surface area contributed by atoms with Gasteiger partial charge in [0, 0.05) is 38.6 Å². The molecule has 0 atom stereocenters. The van der Waals surface area contributed by atoms with Crippen molar-refractivity contribution in [3.05, 3.63) is 60.6 Å². The van der Waals surface area contributed by atoms with Crippen molar-refractivity contribution in [3.8, 4) is 11.3 Å². The fourth-order valence-electron chi connectivity index (χ4n) is 2.39. The van der Waals surface area contributed by atoms with E-state index >= 15 is 0 Å². The summed E-state index contributed by atoms with van der Waals surface area (Å²) in [5.74, 6) is -0.234. The van der Waals surface area contributed by atoms with Crippen LogP contribution in [0.3, 0.4) is 0 Å². The Morgan fingerprint density at radius 1 is 1.17 bits per heavy atom. The summed E-state index contributed by atoms with van der Waals surface area (Å²) in [7, 11) is 5.75. The molecule has 1 amide bonds. The van der Waals surface area contributed by atoms with E-state index in [9.17, 15) is 4.79 Å². The van der Waals surface area contributed by atoms with Crippen LogP contribution in [-0.2, 0) is 7.05 Å². The zero-order chi connectivity index (χ0) is 17.1. The number of nitrogens with zero attached hydrogens (tertiary/aromatic N) is 4. The lowest BCUT2D eigenvalue weighted by Crippen LogP contribution is -2.15. The molecule has 2 aromatic heterocycles. The highest BCUT2D eigenvalue weighted by Crippen LogP contribution is 2.22. The molecule has 3 aromatic rings. The van der Waals surface area contributed by atoms with Gasteiger partial charge in [-0.3, -0.25) is 9.48 Å². The van der Waals surface area contributed by atoms with Gasteiger partial charge in [0.15, 0.2) is 0 Å². The van der Waals surface area contributed by atoms with Crippen molar-refractivity contribution in [3.63, 3.8) is 0 Å². The van der Waals surface area contributed by atoms with E-state index in [0.29, 0.717) is 5.69 Å². The smallest absolute Gasteiger partial charge is 0.274 e. The Kier molecular flexibility index (Phi) is 4.29. The molecule has 0 spiro atoms. The molecule has 6 nitrogen and oxygen atoms in total. The Bertz CT molecular complexity index is 852. The minimum Gasteiger partial charge on any atom is -0.376 e. The summed E-state index contributed by atoms with van der Waals surface area (Å²) < 4.78 is 1.79. The molecule has 1 N–H and O–H groups in total. The fraction of sp³-hybridized carbons (Fsp3) is 0.167. The average Bonchev–Trinajstić information content (AvgIpc) is 3.01. The lowest BCUT2D eigenvalue weighted by atomic mass is 10.1. The zero-order valence-corrected chi connectivity index (χ0v) is 13.9. The van der Waals surface area contributed by atoms with Crippen LogP contribution in [-0.4, -0.2) is 34.8 Å². The number of carbonyl (C=O) groups is 1. The van der Waals surface area contributed by atoms with Crippen molar-refractivity contribution in [1.82, 2.24) is 14.8 Å². The van der Waals surface area contributed by atoms with Crippen LogP contribution < -0.4 is 10.2 Å². The lowest BCUT2D eigenvalue weighted by molar-refractivity contribution is 0.102. The maximum Gasteiger partial charge on any atom is 0.274 e. The van der Waals surface area contributed by atoms with Crippen LogP contribution in [0.15, 0.2) is 54.9 Å². The van der Waals surface area contributed by atoms with Crippen molar-refractivity contribution in [2.45, 2.75) is 0 Å². The lowest BCUT2D eigenvalue weighted by Gasteiger charge is -2.12. The van der Waals surface area contributed by atoms with Gasteiger partial charge in [-0.2, -0.15) is 5.10 Å². The van der Waals surface area contributed by atoms with Gasteiger partial charge in [-0.05, 0) is 30.3 Å². The summed E-state index contributed by atoms with van der Waals surface area (Å²) >= 11 is 0. The van der Waals surface area contributed by atoms with Crippen molar-refractivity contribution >= 4 is 17.3 Å². The highest BCUT2D eigenvalue weighted by atomic mass is 16.1. The Balaban J connectivity index is 1.78. The zero-order valence-electron chi connectivity index (χ0n) is 13.9. The predicted octanol–water partition coefficient (Wildman–Crippen LogP) is 2.80. The molecule has 0 aliphatic rings. The van der Waals surface area contributed by atoms with E-state index in [2.05, 4.69) is 15.4 Å². The first kappa shape index (κ1) is 15.7. The van der Waals surface area contributed by atoms with E-state index < -0.39 is 0 Å². The Labute approximate surface area is 140 Å². The summed E-state index contributed by atoms with van der Waals surface area (Å²) in [5, 5.41) is 7.05. The van der Waals surface area contributed by atoms with Crippen LogP contribution in [0.2, 0.25) is 0 Å². The van der Waals surface area contributed by atoms with E-state index in [1.807, 2.05) is 62.4 Å². The van der Waals surface area contributed by atoms with Crippen LogP contribution in [0, 0.1) is 0 Å². The minimum absolute atomic E-state index is 0.234. The molecule has 0 aliphatic heterocycles. The summed E-state index contributed by atoms with van der Waals surface area (Å²) in [4.78, 5) is 18.5. The van der Waals surface area contributed by atoms with Crippen molar-refractivity contribution < 1.29 is 4.79 Å². The third-order valence-corrected chi connectivity index (χ3v) is 3.73. The van der Waals surface area contributed by atoms with Gasteiger partial charge in [0.1, 0.15) is 5.69 Å². The molecular weight excluding hydrogens is 302 g/mol. The second-order valence-corrected chi connectivity index (χ2v) is 5.67. The second-order valence-electron chi connectivity index (χ2n) is 5.67. The topological polar surface area (TPSA) is 63.1 Å². The van der Waals surface area contributed by atoms with E-state index in [-0.39, 0.29) is 5.91 Å². The molecule has 0 saturated carbocycles. The number of hydrogen-bond donors (Lipinski definition) is 1. The monoisotopic (exact) mass is 321 g/mol. The highest BCUT2D eigenvalue weighted by molar-refractivity contribution is 6.03. The maximum atomic E-state index is 12.4. The summed E-state index contributed by atoms with van der Waals surface area (Å²) in [6.45, 7) is 0. The Hall–Kier alpha value is -3.15. The average molecular weight is 321 g/mol. The van der Waals surface area contributed by atoms with Crippen molar-refractivity contribution in [2.75, 3.05) is 24.3 Å². The molecule has 2 heterocycles. The van der Waals surface area contributed by atoms with Gasteiger partial charge in [0.25, 0.3) is 5.91 Å². The first-order chi connectivity index (χ1) is 11.5. The largest absolute Gasteiger partial charge is 0.376 e. The van der Waals surface area contributed by atoms with Gasteiger partial charge < -0.3 is 10.2 Å². The molecule has 6 heteroatoms. The number of carbonyl (C=O) groups excluding carboxylic acids is 1. The molecule has 1 aromatic carbocycles. The van der Waals surface area contributed by atoms with Crippen LogP contribution in [0.1, 0.15) is 10.5 Å². The molecule has 0 aliphatic carbocycles. The number of pyridine rings is 1. The van der Waals surface area contributed by atoms with E-state index in [1.54, 1.807) is 23.1 Å². The van der Waals surface area contributed by atoms with Crippen LogP contribution >= 0.6 is 0 Å². The normalized spacial score (nSPS) is 10.5. The third kappa shape index (κ3) is 3.27. The number of hydrogen-bond acceptors (Lipinski definition) is 4. The molecule has 0 radical (unpaired) electrons. The molecule has 0 unspecified atom stereocenters. The van der Waals surface area contributed by atoms with Gasteiger partial charge >= 0.3 is 0 Å². The number of benzene rings is 1. The molecule has 24 heavy (non-hydrogen) atoms.